The lowest BCUT2D eigenvalue weighted by atomic mass is 9.92. The Kier molecular flexibility index (Phi) is 4.07. The molecule has 0 atom stereocenters. The summed E-state index contributed by atoms with van der Waals surface area (Å²) in [4.78, 5) is 11.2. The van der Waals surface area contributed by atoms with E-state index in [-0.39, 0.29) is 5.78 Å². The number of carbonyl (C=O) groups excluding carboxylic acids is 1. The van der Waals surface area contributed by atoms with Crippen molar-refractivity contribution in [2.24, 2.45) is 0 Å². The lowest BCUT2D eigenvalue weighted by Gasteiger charge is -2.13. The van der Waals surface area contributed by atoms with Crippen molar-refractivity contribution in [2.75, 3.05) is 0 Å². The fourth-order valence-electron chi connectivity index (χ4n) is 1.86. The number of Topliss-reactive ketones (excluding diaryl/α,β-unsaturated/α-hetero) is 1. The first-order valence-corrected chi connectivity index (χ1v) is 5.65. The second-order valence-electron chi connectivity index (χ2n) is 4.42. The summed E-state index contributed by atoms with van der Waals surface area (Å²) in [6.45, 7) is 8.14. The molecule has 0 spiro atoms. The lowest BCUT2D eigenvalue weighted by molar-refractivity contribution is -0.116. The molecular weight excluding hydrogens is 184 g/mol. The van der Waals surface area contributed by atoms with Crippen LogP contribution in [0, 0.1) is 0 Å². The molecule has 0 fully saturated rings. The molecule has 1 aromatic rings. The highest BCUT2D eigenvalue weighted by atomic mass is 16.1. The van der Waals surface area contributed by atoms with Gasteiger partial charge in [-0.1, -0.05) is 39.0 Å². The van der Waals surface area contributed by atoms with Gasteiger partial charge in [0, 0.05) is 6.42 Å². The van der Waals surface area contributed by atoms with Crippen molar-refractivity contribution >= 4 is 5.78 Å². The molecule has 1 heteroatoms. The fourth-order valence-corrected chi connectivity index (χ4v) is 1.86. The van der Waals surface area contributed by atoms with Crippen LogP contribution in [0.15, 0.2) is 18.2 Å². The van der Waals surface area contributed by atoms with Gasteiger partial charge in [-0.05, 0) is 36.0 Å². The number of hydrogen-bond donors (Lipinski definition) is 0. The number of carbonyl (C=O) groups is 1. The summed E-state index contributed by atoms with van der Waals surface area (Å²) in [7, 11) is 0. The van der Waals surface area contributed by atoms with E-state index in [1.807, 2.05) is 0 Å². The summed E-state index contributed by atoms with van der Waals surface area (Å²) in [5.74, 6) is 0.732. The van der Waals surface area contributed by atoms with E-state index in [4.69, 9.17) is 0 Å². The molecule has 0 N–H and O–H groups in total. The molecule has 1 nitrogen and oxygen atoms in total. The molecule has 0 aliphatic rings. The molecule has 0 aromatic heterocycles. The Morgan fingerprint density at radius 3 is 2.47 bits per heavy atom. The summed E-state index contributed by atoms with van der Waals surface area (Å²) in [5, 5.41) is 0. The third-order valence-corrected chi connectivity index (χ3v) is 2.68. The molecule has 0 bridgehead atoms. The van der Waals surface area contributed by atoms with E-state index in [1.165, 1.54) is 16.7 Å². The molecule has 0 unspecified atom stereocenters. The van der Waals surface area contributed by atoms with Crippen LogP contribution in [0.2, 0.25) is 0 Å². The maximum Gasteiger partial charge on any atom is 0.134 e. The summed E-state index contributed by atoms with van der Waals surface area (Å²) >= 11 is 0. The third-order valence-electron chi connectivity index (χ3n) is 2.68. The van der Waals surface area contributed by atoms with E-state index in [1.54, 1.807) is 6.92 Å². The summed E-state index contributed by atoms with van der Waals surface area (Å²) < 4.78 is 0. The first-order valence-electron chi connectivity index (χ1n) is 5.65. The van der Waals surface area contributed by atoms with E-state index in [9.17, 15) is 4.79 Å². The fraction of sp³-hybridized carbons (Fsp3) is 0.500. The smallest absolute Gasteiger partial charge is 0.134 e. The van der Waals surface area contributed by atoms with Gasteiger partial charge in [0.15, 0.2) is 0 Å². The molecule has 0 aliphatic carbocycles. The standard InChI is InChI=1S/C14H20O/c1-5-12-6-7-14(10(2)3)13(9-12)8-11(4)15/h6-7,9-10H,5,8H2,1-4H3. The van der Waals surface area contributed by atoms with E-state index in [0.29, 0.717) is 12.3 Å². The molecule has 0 heterocycles. The maximum atomic E-state index is 11.2. The lowest BCUT2D eigenvalue weighted by Crippen LogP contribution is -2.03. The normalized spacial score (nSPS) is 10.7. The summed E-state index contributed by atoms with van der Waals surface area (Å²) in [6.07, 6.45) is 1.60. The number of benzene rings is 1. The van der Waals surface area contributed by atoms with Crippen LogP contribution in [0.25, 0.3) is 0 Å². The summed E-state index contributed by atoms with van der Waals surface area (Å²) in [6, 6.07) is 6.51. The summed E-state index contributed by atoms with van der Waals surface area (Å²) in [5.41, 5.74) is 3.83. The SMILES string of the molecule is CCc1ccc(C(C)C)c(CC(C)=O)c1. The van der Waals surface area contributed by atoms with Gasteiger partial charge in [0.25, 0.3) is 0 Å². The first-order chi connectivity index (χ1) is 7.04. The predicted molar refractivity (Wildman–Crippen MR) is 64.3 cm³/mol. The number of ketones is 1. The minimum absolute atomic E-state index is 0.241. The molecule has 0 amide bonds. The Labute approximate surface area is 92.5 Å². The van der Waals surface area contributed by atoms with Crippen LogP contribution in [0.4, 0.5) is 0 Å². The van der Waals surface area contributed by atoms with Gasteiger partial charge >= 0.3 is 0 Å². The highest BCUT2D eigenvalue weighted by molar-refractivity contribution is 5.78. The average Bonchev–Trinajstić information content (AvgIpc) is 2.16. The second-order valence-corrected chi connectivity index (χ2v) is 4.42. The van der Waals surface area contributed by atoms with E-state index >= 15 is 0 Å². The van der Waals surface area contributed by atoms with E-state index < -0.39 is 0 Å². The van der Waals surface area contributed by atoms with E-state index in [0.717, 1.165) is 6.42 Å². The van der Waals surface area contributed by atoms with Crippen LogP contribution in [0.1, 0.15) is 50.3 Å². The molecule has 15 heavy (non-hydrogen) atoms. The molecule has 1 rings (SSSR count). The van der Waals surface area contributed by atoms with Gasteiger partial charge in [-0.3, -0.25) is 4.79 Å². The van der Waals surface area contributed by atoms with Crippen molar-refractivity contribution in [3.63, 3.8) is 0 Å². The molecule has 82 valence electrons. The third kappa shape index (κ3) is 3.19. The Balaban J connectivity index is 3.10. The topological polar surface area (TPSA) is 17.1 Å². The zero-order valence-electron chi connectivity index (χ0n) is 10.1. The average molecular weight is 204 g/mol. The molecule has 0 radical (unpaired) electrons. The molecule has 0 saturated carbocycles. The zero-order chi connectivity index (χ0) is 11.4. The van der Waals surface area contributed by atoms with Gasteiger partial charge in [0.1, 0.15) is 5.78 Å². The van der Waals surface area contributed by atoms with Gasteiger partial charge in [-0.15, -0.1) is 0 Å². The van der Waals surface area contributed by atoms with Crippen LogP contribution in [0.5, 0.6) is 0 Å². The Bertz CT molecular complexity index is 350. The minimum Gasteiger partial charge on any atom is -0.300 e. The van der Waals surface area contributed by atoms with Crippen molar-refractivity contribution in [1.29, 1.82) is 0 Å². The van der Waals surface area contributed by atoms with Crippen LogP contribution in [-0.2, 0) is 17.6 Å². The number of rotatable bonds is 4. The highest BCUT2D eigenvalue weighted by Crippen LogP contribution is 2.21. The van der Waals surface area contributed by atoms with Crippen molar-refractivity contribution in [3.8, 4) is 0 Å². The second kappa shape index (κ2) is 5.11. The van der Waals surface area contributed by atoms with Gasteiger partial charge in [0.2, 0.25) is 0 Å². The molecule has 0 saturated heterocycles. The van der Waals surface area contributed by atoms with Gasteiger partial charge in [-0.25, -0.2) is 0 Å². The Morgan fingerprint density at radius 1 is 1.33 bits per heavy atom. The van der Waals surface area contributed by atoms with Crippen molar-refractivity contribution < 1.29 is 4.79 Å². The largest absolute Gasteiger partial charge is 0.300 e. The highest BCUT2D eigenvalue weighted by Gasteiger charge is 2.08. The van der Waals surface area contributed by atoms with Crippen LogP contribution in [0.3, 0.4) is 0 Å². The first kappa shape index (κ1) is 12.0. The minimum atomic E-state index is 0.241. The van der Waals surface area contributed by atoms with Gasteiger partial charge < -0.3 is 0 Å². The zero-order valence-corrected chi connectivity index (χ0v) is 10.1. The van der Waals surface area contributed by atoms with Crippen LogP contribution < -0.4 is 0 Å². The predicted octanol–water partition coefficient (Wildman–Crippen LogP) is 3.50. The van der Waals surface area contributed by atoms with Gasteiger partial charge in [0.05, 0.1) is 0 Å². The van der Waals surface area contributed by atoms with Gasteiger partial charge in [-0.2, -0.15) is 0 Å². The number of aryl methyl sites for hydroxylation is 1. The number of hydrogen-bond acceptors (Lipinski definition) is 1. The van der Waals surface area contributed by atoms with Crippen molar-refractivity contribution in [2.45, 2.75) is 46.5 Å². The van der Waals surface area contributed by atoms with Crippen LogP contribution in [-0.4, -0.2) is 5.78 Å². The monoisotopic (exact) mass is 204 g/mol. The Morgan fingerprint density at radius 2 is 2.00 bits per heavy atom. The molecule has 1 aromatic carbocycles. The Hall–Kier alpha value is -1.11. The van der Waals surface area contributed by atoms with Crippen molar-refractivity contribution in [3.05, 3.63) is 34.9 Å². The van der Waals surface area contributed by atoms with Crippen LogP contribution >= 0.6 is 0 Å². The van der Waals surface area contributed by atoms with E-state index in [2.05, 4.69) is 39.0 Å². The maximum absolute atomic E-state index is 11.2. The molecule has 0 aliphatic heterocycles. The molecular formula is C14H20O. The quantitative estimate of drug-likeness (QED) is 0.733. The van der Waals surface area contributed by atoms with Crippen molar-refractivity contribution in [1.82, 2.24) is 0 Å².